The van der Waals surface area contributed by atoms with Gasteiger partial charge in [-0.1, -0.05) is 161 Å². The number of anilines is 3. The van der Waals surface area contributed by atoms with E-state index in [4.69, 9.17) is 0 Å². The average molecular weight is 767 g/mol. The summed E-state index contributed by atoms with van der Waals surface area (Å²) in [6.45, 7) is 9.57. The van der Waals surface area contributed by atoms with E-state index in [0.29, 0.717) is 0 Å². The van der Waals surface area contributed by atoms with Crippen molar-refractivity contribution in [3.8, 4) is 16.8 Å². The van der Waals surface area contributed by atoms with Crippen LogP contribution in [0.25, 0.3) is 81.7 Å². The lowest BCUT2D eigenvalue weighted by atomic mass is 9.73. The van der Waals surface area contributed by atoms with E-state index in [-0.39, 0.29) is 10.8 Å². The molecule has 0 bridgehead atoms. The van der Waals surface area contributed by atoms with E-state index in [9.17, 15) is 0 Å². The van der Waals surface area contributed by atoms with Crippen LogP contribution in [0.4, 0.5) is 17.1 Å². The van der Waals surface area contributed by atoms with Gasteiger partial charge in [0.15, 0.2) is 0 Å². The number of hydrogen-bond donors (Lipinski definition) is 0. The second kappa shape index (κ2) is 11.7. The number of benzene rings is 10. The number of rotatable bonds is 2. The number of aromatic nitrogens is 1. The topological polar surface area (TPSA) is 8.17 Å². The molecule has 0 spiro atoms. The third kappa shape index (κ3) is 4.23. The van der Waals surface area contributed by atoms with Gasteiger partial charge in [-0.3, -0.25) is 0 Å². The summed E-state index contributed by atoms with van der Waals surface area (Å²) in [4.78, 5) is 2.49. The monoisotopic (exact) mass is 766 g/mol. The first kappa shape index (κ1) is 33.8. The van der Waals surface area contributed by atoms with E-state index in [1.807, 2.05) is 0 Å². The van der Waals surface area contributed by atoms with Crippen molar-refractivity contribution in [3.63, 3.8) is 0 Å². The first-order valence-corrected chi connectivity index (χ1v) is 21.3. The Kier molecular flexibility index (Phi) is 6.61. The van der Waals surface area contributed by atoms with Crippen LogP contribution in [0.2, 0.25) is 0 Å². The summed E-state index contributed by atoms with van der Waals surface area (Å²) in [7, 11) is 0. The van der Waals surface area contributed by atoms with Crippen molar-refractivity contribution in [3.05, 3.63) is 204 Å². The molecule has 2 aliphatic rings. The van der Waals surface area contributed by atoms with Crippen LogP contribution in [0.1, 0.15) is 49.9 Å². The van der Waals surface area contributed by atoms with Crippen LogP contribution in [0, 0.1) is 0 Å². The van der Waals surface area contributed by atoms with Crippen molar-refractivity contribution < 1.29 is 0 Å². The van der Waals surface area contributed by atoms with E-state index in [2.05, 4.69) is 219 Å². The minimum atomic E-state index is -0.242. The van der Waals surface area contributed by atoms with Crippen LogP contribution in [-0.2, 0) is 10.8 Å². The third-order valence-electron chi connectivity index (χ3n) is 14.3. The average Bonchev–Trinajstić information content (AvgIpc) is 3.74. The minimum absolute atomic E-state index is 0.105. The van der Waals surface area contributed by atoms with Gasteiger partial charge in [-0.2, -0.15) is 0 Å². The SMILES string of the molecule is CC1(C)c2cc(N3c4ccccc4C(C)(C)c4ccccc43)ccc2-c2cc3c4c5ccccc5c5c6ccccc6c6ccccc6c5c4n(-c4ccccc4)c3cc21. The normalized spacial score (nSPS) is 14.9. The zero-order valence-corrected chi connectivity index (χ0v) is 34.2. The molecule has 0 saturated heterocycles. The van der Waals surface area contributed by atoms with Crippen molar-refractivity contribution in [1.82, 2.24) is 4.57 Å². The fourth-order valence-electron chi connectivity index (χ4n) is 11.5. The maximum atomic E-state index is 2.58. The lowest BCUT2D eigenvalue weighted by Crippen LogP contribution is -2.30. The van der Waals surface area contributed by atoms with Gasteiger partial charge in [0, 0.05) is 43.7 Å². The highest BCUT2D eigenvalue weighted by Gasteiger charge is 2.40. The van der Waals surface area contributed by atoms with Gasteiger partial charge < -0.3 is 9.47 Å². The number of hydrogen-bond acceptors (Lipinski definition) is 1. The standard InChI is InChI=1S/C58H42N2/c1-57(2)46-26-14-16-28-50(46)59(51-29-17-15-27-47(51)57)36-30-31-39-44-33-45-52(34-49(44)58(3,4)48(39)32-36)60(35-18-6-5-7-19-35)56-54(45)43-25-13-12-24-42(43)53-40-22-10-8-20-37(40)38-21-9-11-23-41(38)55(53)56/h5-34H,1-4H3. The first-order valence-electron chi connectivity index (χ1n) is 21.3. The molecule has 11 aromatic rings. The van der Waals surface area contributed by atoms with Gasteiger partial charge in [-0.05, 0) is 114 Å². The Morgan fingerprint density at radius 2 is 0.817 bits per heavy atom. The van der Waals surface area contributed by atoms with Crippen LogP contribution in [-0.4, -0.2) is 4.57 Å². The summed E-state index contributed by atoms with van der Waals surface area (Å²) in [5, 5.41) is 13.0. The molecule has 13 rings (SSSR count). The smallest absolute Gasteiger partial charge is 0.0632 e. The molecule has 0 N–H and O–H groups in total. The summed E-state index contributed by atoms with van der Waals surface area (Å²) in [6.07, 6.45) is 0. The lowest BCUT2D eigenvalue weighted by Gasteiger charge is -2.42. The van der Waals surface area contributed by atoms with Gasteiger partial charge in [0.2, 0.25) is 0 Å². The molecule has 2 nitrogen and oxygen atoms in total. The van der Waals surface area contributed by atoms with Gasteiger partial charge in [0.05, 0.1) is 22.4 Å². The molecule has 10 aromatic carbocycles. The Morgan fingerprint density at radius 3 is 1.45 bits per heavy atom. The molecule has 0 saturated carbocycles. The van der Waals surface area contributed by atoms with Crippen molar-refractivity contribution in [2.24, 2.45) is 0 Å². The second-order valence-electron chi connectivity index (χ2n) is 18.0. The number of para-hydroxylation sites is 3. The molecule has 0 atom stereocenters. The quantitative estimate of drug-likeness (QED) is 0.159. The molecule has 60 heavy (non-hydrogen) atoms. The molecule has 2 heteroatoms. The predicted molar refractivity (Wildman–Crippen MR) is 255 cm³/mol. The molecule has 2 heterocycles. The molecule has 0 radical (unpaired) electrons. The Morgan fingerprint density at radius 1 is 0.333 bits per heavy atom. The van der Waals surface area contributed by atoms with Crippen molar-refractivity contribution in [2.45, 2.75) is 38.5 Å². The Labute approximate surface area is 349 Å². The van der Waals surface area contributed by atoms with E-state index >= 15 is 0 Å². The maximum absolute atomic E-state index is 2.58. The van der Waals surface area contributed by atoms with Gasteiger partial charge in [0.1, 0.15) is 0 Å². The summed E-state index contributed by atoms with van der Waals surface area (Å²) >= 11 is 0. The van der Waals surface area contributed by atoms with Crippen molar-refractivity contribution in [1.29, 1.82) is 0 Å². The maximum Gasteiger partial charge on any atom is 0.0632 e. The van der Waals surface area contributed by atoms with Gasteiger partial charge >= 0.3 is 0 Å². The number of fused-ring (bicyclic) bond motifs is 18. The van der Waals surface area contributed by atoms with Crippen LogP contribution in [0.5, 0.6) is 0 Å². The van der Waals surface area contributed by atoms with Gasteiger partial charge in [0.25, 0.3) is 0 Å². The van der Waals surface area contributed by atoms with Crippen LogP contribution >= 0.6 is 0 Å². The zero-order valence-electron chi connectivity index (χ0n) is 34.2. The molecule has 1 aliphatic carbocycles. The van der Waals surface area contributed by atoms with Crippen molar-refractivity contribution in [2.75, 3.05) is 4.90 Å². The molecule has 0 unspecified atom stereocenters. The van der Waals surface area contributed by atoms with E-state index in [0.717, 1.165) is 0 Å². The highest BCUT2D eigenvalue weighted by molar-refractivity contribution is 6.42. The third-order valence-corrected chi connectivity index (χ3v) is 14.3. The molecule has 0 amide bonds. The van der Waals surface area contributed by atoms with Crippen LogP contribution in [0.15, 0.2) is 182 Å². The molecule has 1 aromatic heterocycles. The lowest BCUT2D eigenvalue weighted by molar-refractivity contribution is 0.631. The fourth-order valence-corrected chi connectivity index (χ4v) is 11.5. The van der Waals surface area contributed by atoms with E-state index in [1.54, 1.807) is 0 Å². The number of nitrogens with zero attached hydrogens (tertiary/aromatic N) is 2. The first-order chi connectivity index (χ1) is 29.3. The highest BCUT2D eigenvalue weighted by atomic mass is 15.2. The Hall–Kier alpha value is -7.16. The molecule has 284 valence electrons. The van der Waals surface area contributed by atoms with E-state index in [1.165, 1.54) is 121 Å². The van der Waals surface area contributed by atoms with Crippen molar-refractivity contribution >= 4 is 82.0 Å². The minimum Gasteiger partial charge on any atom is -0.310 e. The zero-order chi connectivity index (χ0) is 40.1. The molecular weight excluding hydrogens is 725 g/mol. The summed E-state index contributed by atoms with van der Waals surface area (Å²) in [5.74, 6) is 0. The van der Waals surface area contributed by atoms with Gasteiger partial charge in [-0.15, -0.1) is 0 Å². The van der Waals surface area contributed by atoms with E-state index < -0.39 is 0 Å². The second-order valence-corrected chi connectivity index (χ2v) is 18.0. The largest absolute Gasteiger partial charge is 0.310 e. The van der Waals surface area contributed by atoms with Gasteiger partial charge in [-0.25, -0.2) is 0 Å². The highest BCUT2D eigenvalue weighted by Crippen LogP contribution is 2.57. The Balaban J connectivity index is 1.14. The Bertz CT molecular complexity index is 3610. The van der Waals surface area contributed by atoms with Crippen LogP contribution in [0.3, 0.4) is 0 Å². The summed E-state index contributed by atoms with van der Waals surface area (Å²) in [6, 6.07) is 68.4. The molecular formula is C58H42N2. The summed E-state index contributed by atoms with van der Waals surface area (Å²) in [5.41, 5.74) is 15.1. The molecule has 1 aliphatic heterocycles. The fraction of sp³-hybridized carbons (Fsp3) is 0.103. The van der Waals surface area contributed by atoms with Crippen LogP contribution < -0.4 is 4.90 Å². The predicted octanol–water partition coefficient (Wildman–Crippen LogP) is 15.8. The summed E-state index contributed by atoms with van der Waals surface area (Å²) < 4.78 is 2.58. The molecule has 0 fully saturated rings.